The Morgan fingerprint density at radius 2 is 1.80 bits per heavy atom. The molecule has 2 heterocycles. The van der Waals surface area contributed by atoms with Crippen LogP contribution in [0, 0.1) is 6.92 Å². The fourth-order valence-electron chi connectivity index (χ4n) is 5.66. The number of para-hydroxylation sites is 1. The molecule has 1 fully saturated rings. The average Bonchev–Trinajstić information content (AvgIpc) is 2.99. The minimum atomic E-state index is -0.0497. The van der Waals surface area contributed by atoms with Crippen LogP contribution in [0.15, 0.2) is 82.6 Å². The lowest BCUT2D eigenvalue weighted by Crippen LogP contribution is -2.40. The molecule has 0 radical (unpaired) electrons. The summed E-state index contributed by atoms with van der Waals surface area (Å²) < 4.78 is 0. The molecule has 3 aromatic rings. The Hall–Kier alpha value is -3.35. The van der Waals surface area contributed by atoms with Gasteiger partial charge < -0.3 is 15.1 Å². The molecule has 2 amide bonds. The van der Waals surface area contributed by atoms with Crippen LogP contribution in [0.5, 0.6) is 0 Å². The third-order valence-electron chi connectivity index (χ3n) is 8.02. The number of rotatable bonds is 9. The molecule has 1 atom stereocenters. The van der Waals surface area contributed by atoms with Crippen LogP contribution in [0.4, 0.5) is 5.69 Å². The predicted molar refractivity (Wildman–Crippen MR) is 166 cm³/mol. The predicted octanol–water partition coefficient (Wildman–Crippen LogP) is 7.06. The molecule has 2 aliphatic heterocycles. The second kappa shape index (κ2) is 13.3. The van der Waals surface area contributed by atoms with Crippen molar-refractivity contribution in [1.29, 1.82) is 0 Å². The van der Waals surface area contributed by atoms with Gasteiger partial charge in [0, 0.05) is 29.6 Å². The zero-order valence-electron chi connectivity index (χ0n) is 23.6. The Morgan fingerprint density at radius 1 is 1.02 bits per heavy atom. The lowest BCUT2D eigenvalue weighted by atomic mass is 10.00. The second-order valence-electron chi connectivity index (χ2n) is 10.7. The van der Waals surface area contributed by atoms with Gasteiger partial charge in [-0.25, -0.2) is 0 Å². The van der Waals surface area contributed by atoms with E-state index in [1.54, 1.807) is 0 Å². The average molecular weight is 554 g/mol. The molecular weight excluding hydrogens is 514 g/mol. The number of anilines is 1. The number of amides is 2. The summed E-state index contributed by atoms with van der Waals surface area (Å²) in [6.45, 7) is 7.78. The number of nitrogens with zero attached hydrogens (tertiary/aromatic N) is 2. The first-order valence-corrected chi connectivity index (χ1v) is 15.3. The van der Waals surface area contributed by atoms with Crippen LogP contribution in [-0.2, 0) is 11.3 Å². The summed E-state index contributed by atoms with van der Waals surface area (Å²) in [6, 6.07) is 24.5. The van der Waals surface area contributed by atoms with E-state index in [2.05, 4.69) is 42.3 Å². The molecule has 0 bridgehead atoms. The number of fused-ring (bicyclic) bond motifs is 1. The normalized spacial score (nSPS) is 18.6. The van der Waals surface area contributed by atoms with Crippen molar-refractivity contribution in [3.05, 3.63) is 100.0 Å². The maximum absolute atomic E-state index is 13.7. The van der Waals surface area contributed by atoms with Crippen LogP contribution < -0.4 is 10.2 Å². The van der Waals surface area contributed by atoms with E-state index in [0.717, 1.165) is 34.7 Å². The minimum Gasteiger partial charge on any atom is -0.352 e. The van der Waals surface area contributed by atoms with E-state index in [-0.39, 0.29) is 11.8 Å². The SMILES string of the molecule is CC[C@@H]1CCCCN1CCCNC(=O)c1ccc(/C=C2/Sc3ccccc3N(Cc3ccccc3C)C2=O)cc1. The molecule has 0 saturated carbocycles. The summed E-state index contributed by atoms with van der Waals surface area (Å²) in [5, 5.41) is 3.08. The van der Waals surface area contributed by atoms with Crippen molar-refractivity contribution < 1.29 is 9.59 Å². The molecule has 0 unspecified atom stereocenters. The fourth-order valence-corrected chi connectivity index (χ4v) is 6.72. The van der Waals surface area contributed by atoms with E-state index in [0.29, 0.717) is 29.6 Å². The maximum Gasteiger partial charge on any atom is 0.265 e. The molecule has 0 spiro atoms. The Labute approximate surface area is 242 Å². The third kappa shape index (κ3) is 6.68. The quantitative estimate of drug-likeness (QED) is 0.228. The number of thioether (sulfide) groups is 1. The number of likely N-dealkylation sites (tertiary alicyclic amines) is 1. The number of aryl methyl sites for hydroxylation is 1. The number of hydrogen-bond donors (Lipinski definition) is 1. The van der Waals surface area contributed by atoms with E-state index < -0.39 is 0 Å². The molecule has 5 nitrogen and oxygen atoms in total. The van der Waals surface area contributed by atoms with Gasteiger partial charge in [0.25, 0.3) is 11.8 Å². The topological polar surface area (TPSA) is 52.7 Å². The zero-order chi connectivity index (χ0) is 27.9. The fraction of sp³-hybridized carbons (Fsp3) is 0.353. The first kappa shape index (κ1) is 28.2. The third-order valence-corrected chi connectivity index (χ3v) is 9.10. The van der Waals surface area contributed by atoms with Crippen molar-refractivity contribution in [3.8, 4) is 0 Å². The monoisotopic (exact) mass is 553 g/mol. The van der Waals surface area contributed by atoms with Crippen LogP contribution >= 0.6 is 11.8 Å². The molecule has 6 heteroatoms. The molecular formula is C34H39N3O2S. The van der Waals surface area contributed by atoms with Gasteiger partial charge in [-0.15, -0.1) is 0 Å². The highest BCUT2D eigenvalue weighted by molar-refractivity contribution is 8.04. The van der Waals surface area contributed by atoms with Gasteiger partial charge in [-0.2, -0.15) is 0 Å². The summed E-state index contributed by atoms with van der Waals surface area (Å²) in [5.74, 6) is -0.0564. The highest BCUT2D eigenvalue weighted by Crippen LogP contribution is 2.42. The summed E-state index contributed by atoms with van der Waals surface area (Å²) >= 11 is 1.50. The molecule has 40 heavy (non-hydrogen) atoms. The van der Waals surface area contributed by atoms with Crippen LogP contribution in [-0.4, -0.2) is 42.4 Å². The first-order valence-electron chi connectivity index (χ1n) is 14.5. The van der Waals surface area contributed by atoms with E-state index >= 15 is 0 Å². The number of piperidine rings is 1. The van der Waals surface area contributed by atoms with Crippen LogP contribution in [0.2, 0.25) is 0 Å². The lowest BCUT2D eigenvalue weighted by Gasteiger charge is -2.35. The number of nitrogens with one attached hydrogen (secondary N) is 1. The zero-order valence-corrected chi connectivity index (χ0v) is 24.4. The molecule has 1 N–H and O–H groups in total. The van der Waals surface area contributed by atoms with E-state index in [9.17, 15) is 9.59 Å². The Bertz CT molecular complexity index is 1370. The molecule has 2 aliphatic rings. The van der Waals surface area contributed by atoms with Gasteiger partial charge in [-0.05, 0) is 86.2 Å². The summed E-state index contributed by atoms with van der Waals surface area (Å²) in [4.78, 5) is 32.6. The van der Waals surface area contributed by atoms with Gasteiger partial charge in [0.15, 0.2) is 0 Å². The van der Waals surface area contributed by atoms with Gasteiger partial charge in [0.1, 0.15) is 0 Å². The van der Waals surface area contributed by atoms with Gasteiger partial charge in [-0.1, -0.05) is 73.6 Å². The summed E-state index contributed by atoms with van der Waals surface area (Å²) in [7, 11) is 0. The van der Waals surface area contributed by atoms with Gasteiger partial charge in [-0.3, -0.25) is 9.59 Å². The van der Waals surface area contributed by atoms with E-state index in [1.807, 2.05) is 65.6 Å². The lowest BCUT2D eigenvalue weighted by molar-refractivity contribution is -0.114. The molecule has 208 valence electrons. The largest absolute Gasteiger partial charge is 0.352 e. The van der Waals surface area contributed by atoms with Crippen molar-refractivity contribution in [1.82, 2.24) is 10.2 Å². The summed E-state index contributed by atoms with van der Waals surface area (Å²) in [6.07, 6.45) is 8.02. The molecule has 1 saturated heterocycles. The van der Waals surface area contributed by atoms with Crippen LogP contribution in [0.3, 0.4) is 0 Å². The van der Waals surface area contributed by atoms with Crippen LogP contribution in [0.1, 0.15) is 66.1 Å². The van der Waals surface area contributed by atoms with E-state index in [1.165, 1.54) is 49.6 Å². The highest BCUT2D eigenvalue weighted by atomic mass is 32.2. The molecule has 3 aromatic carbocycles. The van der Waals surface area contributed by atoms with E-state index in [4.69, 9.17) is 0 Å². The highest BCUT2D eigenvalue weighted by Gasteiger charge is 2.29. The van der Waals surface area contributed by atoms with Crippen molar-refractivity contribution in [3.63, 3.8) is 0 Å². The molecule has 0 aliphatic carbocycles. The minimum absolute atomic E-state index is 0.00668. The van der Waals surface area contributed by atoms with Crippen molar-refractivity contribution in [2.45, 2.75) is 63.4 Å². The number of carbonyl (C=O) groups excluding carboxylic acids is 2. The first-order chi connectivity index (χ1) is 19.5. The van der Waals surface area contributed by atoms with Gasteiger partial charge in [0.2, 0.25) is 0 Å². The Balaban J connectivity index is 1.22. The standard InChI is InChI=1S/C34H39N3O2S/c1-3-29-13-8-9-21-36(29)22-10-20-35-33(38)27-18-16-26(17-19-27)23-32-34(39)37(24-28-12-5-4-11-25(28)2)30-14-6-7-15-31(30)40-32/h4-7,11-12,14-19,23,29H,3,8-10,13,20-22,24H2,1-2H3,(H,35,38)/b32-23+/t29-/m1/s1. The van der Waals surface area contributed by atoms with Crippen molar-refractivity contribution in [2.75, 3.05) is 24.5 Å². The van der Waals surface area contributed by atoms with Gasteiger partial charge >= 0.3 is 0 Å². The van der Waals surface area contributed by atoms with Crippen molar-refractivity contribution in [2.24, 2.45) is 0 Å². The smallest absolute Gasteiger partial charge is 0.265 e. The Morgan fingerprint density at radius 3 is 2.60 bits per heavy atom. The molecule has 5 rings (SSSR count). The van der Waals surface area contributed by atoms with Crippen LogP contribution in [0.25, 0.3) is 6.08 Å². The van der Waals surface area contributed by atoms with Crippen molar-refractivity contribution >= 4 is 35.3 Å². The Kier molecular flexibility index (Phi) is 9.40. The second-order valence-corrected chi connectivity index (χ2v) is 11.8. The summed E-state index contributed by atoms with van der Waals surface area (Å²) in [5.41, 5.74) is 4.78. The maximum atomic E-state index is 13.7. The van der Waals surface area contributed by atoms with Gasteiger partial charge in [0.05, 0.1) is 17.1 Å². The number of carbonyl (C=O) groups is 2. The number of benzene rings is 3. The number of hydrogen-bond acceptors (Lipinski definition) is 4. The molecule has 0 aromatic heterocycles.